The molecule has 0 aliphatic heterocycles. The lowest BCUT2D eigenvalue weighted by molar-refractivity contribution is 0.323. The summed E-state index contributed by atoms with van der Waals surface area (Å²) in [7, 11) is 0. The van der Waals surface area contributed by atoms with Crippen LogP contribution in [0.3, 0.4) is 0 Å². The molecule has 0 aromatic rings. The summed E-state index contributed by atoms with van der Waals surface area (Å²) in [4.78, 5) is 0. The second kappa shape index (κ2) is 2.66. The van der Waals surface area contributed by atoms with Crippen molar-refractivity contribution in [1.29, 1.82) is 0 Å². The van der Waals surface area contributed by atoms with Crippen molar-refractivity contribution in [1.82, 2.24) is 0 Å². The Morgan fingerprint density at radius 1 is 1.45 bits per heavy atom. The van der Waals surface area contributed by atoms with Gasteiger partial charge in [-0.2, -0.15) is 0 Å². The maximum absolute atomic E-state index is 2.47. The largest absolute Gasteiger partial charge is 0.0850 e. The Morgan fingerprint density at radius 3 is 2.73 bits per heavy atom. The van der Waals surface area contributed by atoms with Crippen molar-refractivity contribution in [3.05, 3.63) is 11.6 Å². The number of hydrogen-bond acceptors (Lipinski definition) is 0. The molecule has 2 bridgehead atoms. The molecule has 0 saturated heterocycles. The third-order valence-corrected chi connectivity index (χ3v) is 3.20. The highest BCUT2D eigenvalue weighted by molar-refractivity contribution is 5.18. The fourth-order valence-electron chi connectivity index (χ4n) is 2.73. The van der Waals surface area contributed by atoms with Crippen LogP contribution >= 0.6 is 0 Å². The molecule has 0 heteroatoms. The van der Waals surface area contributed by atoms with Gasteiger partial charge in [-0.1, -0.05) is 25.5 Å². The molecule has 11 heavy (non-hydrogen) atoms. The third kappa shape index (κ3) is 1.36. The second-order valence-corrected chi connectivity index (χ2v) is 4.66. The van der Waals surface area contributed by atoms with Crippen molar-refractivity contribution in [3.8, 4) is 0 Å². The monoisotopic (exact) mass is 150 g/mol. The second-order valence-electron chi connectivity index (χ2n) is 4.66. The number of allylic oxidation sites excluding steroid dienone is 2. The molecule has 0 spiro atoms. The van der Waals surface area contributed by atoms with Gasteiger partial charge in [-0.05, 0) is 43.4 Å². The minimum absolute atomic E-state index is 0.903. The van der Waals surface area contributed by atoms with Gasteiger partial charge in [0.1, 0.15) is 0 Å². The predicted octanol–water partition coefficient (Wildman–Crippen LogP) is 3.39. The molecule has 2 rings (SSSR count). The minimum atomic E-state index is 0.903. The molecule has 0 N–H and O–H groups in total. The smallest absolute Gasteiger partial charge is 0.0286 e. The fourth-order valence-corrected chi connectivity index (χ4v) is 2.73. The van der Waals surface area contributed by atoms with Crippen LogP contribution in [-0.2, 0) is 0 Å². The zero-order valence-electron chi connectivity index (χ0n) is 7.64. The summed E-state index contributed by atoms with van der Waals surface area (Å²) in [6.45, 7) is 4.70. The summed E-state index contributed by atoms with van der Waals surface area (Å²) >= 11 is 0. The van der Waals surface area contributed by atoms with E-state index in [-0.39, 0.29) is 0 Å². The van der Waals surface area contributed by atoms with Crippen LogP contribution in [0.25, 0.3) is 0 Å². The van der Waals surface area contributed by atoms with Crippen molar-refractivity contribution in [2.45, 2.75) is 39.5 Å². The lowest BCUT2D eigenvalue weighted by Gasteiger charge is -2.20. The highest BCUT2D eigenvalue weighted by Gasteiger charge is 2.33. The zero-order valence-corrected chi connectivity index (χ0v) is 7.64. The lowest BCUT2D eigenvalue weighted by Crippen LogP contribution is -2.10. The molecule has 1 saturated carbocycles. The van der Waals surface area contributed by atoms with E-state index in [2.05, 4.69) is 19.9 Å². The Bertz CT molecular complexity index is 176. The molecule has 0 aromatic heterocycles. The molecular weight excluding hydrogens is 132 g/mol. The van der Waals surface area contributed by atoms with Gasteiger partial charge in [-0.3, -0.25) is 0 Å². The van der Waals surface area contributed by atoms with Crippen LogP contribution in [-0.4, -0.2) is 0 Å². The molecule has 0 nitrogen and oxygen atoms in total. The summed E-state index contributed by atoms with van der Waals surface area (Å²) in [5.41, 5.74) is 1.76. The van der Waals surface area contributed by atoms with Crippen molar-refractivity contribution in [2.24, 2.45) is 17.8 Å². The van der Waals surface area contributed by atoms with Gasteiger partial charge in [0.2, 0.25) is 0 Å². The topological polar surface area (TPSA) is 0 Å². The quantitative estimate of drug-likeness (QED) is 0.529. The van der Waals surface area contributed by atoms with Gasteiger partial charge >= 0.3 is 0 Å². The minimum Gasteiger partial charge on any atom is -0.0850 e. The van der Waals surface area contributed by atoms with E-state index in [0.717, 1.165) is 17.8 Å². The first-order valence-electron chi connectivity index (χ1n) is 4.93. The molecule has 0 radical (unpaired) electrons. The van der Waals surface area contributed by atoms with Crippen molar-refractivity contribution in [3.63, 3.8) is 0 Å². The van der Waals surface area contributed by atoms with E-state index in [1.807, 2.05) is 0 Å². The lowest BCUT2D eigenvalue weighted by atomic mass is 9.85. The summed E-state index contributed by atoms with van der Waals surface area (Å²) in [5, 5.41) is 0. The molecule has 2 atom stereocenters. The van der Waals surface area contributed by atoms with Gasteiger partial charge < -0.3 is 0 Å². The Morgan fingerprint density at radius 2 is 2.27 bits per heavy atom. The first-order chi connectivity index (χ1) is 5.25. The van der Waals surface area contributed by atoms with Crippen LogP contribution in [0, 0.1) is 17.8 Å². The number of rotatable bonds is 2. The van der Waals surface area contributed by atoms with Crippen LogP contribution in [0.4, 0.5) is 0 Å². The molecule has 0 heterocycles. The predicted molar refractivity (Wildman–Crippen MR) is 48.4 cm³/mol. The van der Waals surface area contributed by atoms with Crippen LogP contribution in [0.2, 0.25) is 0 Å². The van der Waals surface area contributed by atoms with Crippen molar-refractivity contribution in [2.75, 3.05) is 0 Å². The maximum Gasteiger partial charge on any atom is -0.0286 e. The highest BCUT2D eigenvalue weighted by atomic mass is 14.4. The molecular formula is C11H18. The van der Waals surface area contributed by atoms with Crippen LogP contribution < -0.4 is 0 Å². The van der Waals surface area contributed by atoms with Crippen LogP contribution in [0.5, 0.6) is 0 Å². The first kappa shape index (κ1) is 7.39. The standard InChI is InChI=1S/C11H18/c1-8(2)5-11-7-9-3-4-10(11)6-9/h3,8,10-11H,4-7H2,1-2H3. The Labute approximate surface area is 69.7 Å². The molecule has 0 aromatic carbocycles. The SMILES string of the molecule is CC(C)CC1CC2=CCC1C2. The maximum atomic E-state index is 2.47. The average Bonchev–Trinajstić information content (AvgIpc) is 2.45. The van der Waals surface area contributed by atoms with Gasteiger partial charge in [0, 0.05) is 0 Å². The third-order valence-electron chi connectivity index (χ3n) is 3.20. The van der Waals surface area contributed by atoms with Gasteiger partial charge in [-0.25, -0.2) is 0 Å². The Hall–Kier alpha value is -0.260. The van der Waals surface area contributed by atoms with E-state index in [4.69, 9.17) is 0 Å². The zero-order chi connectivity index (χ0) is 7.84. The van der Waals surface area contributed by atoms with Gasteiger partial charge in [0.15, 0.2) is 0 Å². The van der Waals surface area contributed by atoms with Crippen molar-refractivity contribution < 1.29 is 0 Å². The van der Waals surface area contributed by atoms with E-state index in [1.54, 1.807) is 5.57 Å². The molecule has 62 valence electrons. The summed E-state index contributed by atoms with van der Waals surface area (Å²) < 4.78 is 0. The van der Waals surface area contributed by atoms with Crippen LogP contribution in [0.15, 0.2) is 11.6 Å². The molecule has 2 unspecified atom stereocenters. The fraction of sp³-hybridized carbons (Fsp3) is 0.818. The van der Waals surface area contributed by atoms with E-state index in [9.17, 15) is 0 Å². The van der Waals surface area contributed by atoms with Gasteiger partial charge in [0.25, 0.3) is 0 Å². The molecule has 2 aliphatic rings. The molecule has 0 amide bonds. The molecule has 2 aliphatic carbocycles. The van der Waals surface area contributed by atoms with Crippen LogP contribution in [0.1, 0.15) is 39.5 Å². The van der Waals surface area contributed by atoms with E-state index >= 15 is 0 Å². The van der Waals surface area contributed by atoms with Gasteiger partial charge in [0.05, 0.1) is 0 Å². The van der Waals surface area contributed by atoms with E-state index in [0.29, 0.717) is 0 Å². The average molecular weight is 150 g/mol. The van der Waals surface area contributed by atoms with Crippen molar-refractivity contribution >= 4 is 0 Å². The Kier molecular flexibility index (Phi) is 1.78. The summed E-state index contributed by atoms with van der Waals surface area (Å²) in [6.07, 6.45) is 8.20. The first-order valence-corrected chi connectivity index (χ1v) is 4.93. The van der Waals surface area contributed by atoms with E-state index < -0.39 is 0 Å². The summed E-state index contributed by atoms with van der Waals surface area (Å²) in [6, 6.07) is 0. The van der Waals surface area contributed by atoms with E-state index in [1.165, 1.54) is 25.7 Å². The number of fused-ring (bicyclic) bond motifs is 2. The molecule has 1 fully saturated rings. The summed E-state index contributed by atoms with van der Waals surface area (Å²) in [5.74, 6) is 3.00. The van der Waals surface area contributed by atoms with Gasteiger partial charge in [-0.15, -0.1) is 0 Å². The highest BCUT2D eigenvalue weighted by Crippen LogP contribution is 2.46. The number of hydrogen-bond donors (Lipinski definition) is 0. The normalized spacial score (nSPS) is 35.0. The Balaban J connectivity index is 1.93.